The number of benzene rings is 1. The molecule has 0 amide bonds. The van der Waals surface area contributed by atoms with E-state index in [0.29, 0.717) is 0 Å². The Bertz CT molecular complexity index is 550. The Labute approximate surface area is 99.8 Å². The largest absolute Gasteiger partial charge is 0.497 e. The minimum atomic E-state index is -0.0791. The quantitative estimate of drug-likeness (QED) is 0.882. The Kier molecular flexibility index (Phi) is 3.04. The van der Waals surface area contributed by atoms with Gasteiger partial charge in [0.2, 0.25) is 0 Å². The molecule has 1 N–H and O–H groups in total. The van der Waals surface area contributed by atoms with Gasteiger partial charge in [0.15, 0.2) is 0 Å². The topological polar surface area (TPSA) is 47.0 Å². The van der Waals surface area contributed by atoms with Crippen molar-refractivity contribution in [2.24, 2.45) is 0 Å². The second kappa shape index (κ2) is 4.49. The maximum atomic E-state index is 11.4. The lowest BCUT2D eigenvalue weighted by Crippen LogP contribution is -2.06. The Balaban J connectivity index is 2.48. The van der Waals surface area contributed by atoms with Gasteiger partial charge in [-0.15, -0.1) is 0 Å². The molecule has 0 saturated heterocycles. The zero-order valence-corrected chi connectivity index (χ0v) is 10.2. The smallest absolute Gasteiger partial charge is 0.264 e. The standard InChI is InChI=1S/C13H16N2O2/c1-9(2)12-8-13(16)14-15(12)10-4-6-11(17-3)7-5-10/h4-9H,1-3H3,(H,14,16). The molecule has 1 aromatic carbocycles. The molecule has 0 unspecified atom stereocenters. The molecule has 0 atom stereocenters. The minimum absolute atomic E-state index is 0.0791. The lowest BCUT2D eigenvalue weighted by molar-refractivity contribution is 0.414. The highest BCUT2D eigenvalue weighted by molar-refractivity contribution is 5.38. The van der Waals surface area contributed by atoms with Crippen molar-refractivity contribution < 1.29 is 4.74 Å². The van der Waals surface area contributed by atoms with E-state index < -0.39 is 0 Å². The molecule has 2 aromatic rings. The van der Waals surface area contributed by atoms with E-state index in [-0.39, 0.29) is 11.5 Å². The zero-order valence-electron chi connectivity index (χ0n) is 10.2. The fourth-order valence-electron chi connectivity index (χ4n) is 1.78. The fraction of sp³-hybridized carbons (Fsp3) is 0.308. The summed E-state index contributed by atoms with van der Waals surface area (Å²) in [6.45, 7) is 4.12. The Morgan fingerprint density at radius 3 is 2.41 bits per heavy atom. The second-order valence-corrected chi connectivity index (χ2v) is 4.23. The predicted molar refractivity (Wildman–Crippen MR) is 67.0 cm³/mol. The van der Waals surface area contributed by atoms with Crippen LogP contribution in [0.25, 0.3) is 5.69 Å². The number of nitrogens with one attached hydrogen (secondary N) is 1. The molecule has 0 fully saturated rings. The van der Waals surface area contributed by atoms with E-state index in [1.807, 2.05) is 28.9 Å². The molecular weight excluding hydrogens is 216 g/mol. The summed E-state index contributed by atoms with van der Waals surface area (Å²) >= 11 is 0. The van der Waals surface area contributed by atoms with Gasteiger partial charge in [-0.05, 0) is 30.2 Å². The third-order valence-corrected chi connectivity index (χ3v) is 2.68. The molecule has 90 valence electrons. The lowest BCUT2D eigenvalue weighted by atomic mass is 10.1. The molecule has 4 heteroatoms. The molecule has 0 aliphatic rings. The van der Waals surface area contributed by atoms with E-state index in [2.05, 4.69) is 18.9 Å². The fourth-order valence-corrected chi connectivity index (χ4v) is 1.78. The van der Waals surface area contributed by atoms with Gasteiger partial charge in [-0.25, -0.2) is 0 Å². The third-order valence-electron chi connectivity index (χ3n) is 2.68. The van der Waals surface area contributed by atoms with Crippen molar-refractivity contribution in [3.05, 3.63) is 46.4 Å². The number of hydrogen-bond donors (Lipinski definition) is 1. The number of ether oxygens (including phenoxy) is 1. The van der Waals surface area contributed by atoms with Crippen molar-refractivity contribution in [1.29, 1.82) is 0 Å². The molecule has 0 saturated carbocycles. The molecule has 0 radical (unpaired) electrons. The summed E-state index contributed by atoms with van der Waals surface area (Å²) < 4.78 is 6.92. The van der Waals surface area contributed by atoms with E-state index in [1.165, 1.54) is 0 Å². The van der Waals surface area contributed by atoms with Crippen LogP contribution in [0, 0.1) is 0 Å². The van der Waals surface area contributed by atoms with Crippen molar-refractivity contribution >= 4 is 0 Å². The van der Waals surface area contributed by atoms with Gasteiger partial charge in [-0.3, -0.25) is 14.6 Å². The number of hydrogen-bond acceptors (Lipinski definition) is 2. The maximum Gasteiger partial charge on any atom is 0.264 e. The van der Waals surface area contributed by atoms with Crippen LogP contribution < -0.4 is 10.3 Å². The first-order chi connectivity index (χ1) is 8.11. The van der Waals surface area contributed by atoms with Crippen LogP contribution in [0.15, 0.2) is 35.1 Å². The lowest BCUT2D eigenvalue weighted by Gasteiger charge is -2.11. The minimum Gasteiger partial charge on any atom is -0.497 e. The summed E-state index contributed by atoms with van der Waals surface area (Å²) in [7, 11) is 1.63. The van der Waals surface area contributed by atoms with Crippen molar-refractivity contribution in [2.45, 2.75) is 19.8 Å². The summed E-state index contributed by atoms with van der Waals surface area (Å²) in [5.74, 6) is 1.09. The predicted octanol–water partition coefficient (Wildman–Crippen LogP) is 2.30. The van der Waals surface area contributed by atoms with Gasteiger partial charge in [0, 0.05) is 11.8 Å². The van der Waals surface area contributed by atoms with Crippen molar-refractivity contribution in [3.8, 4) is 11.4 Å². The van der Waals surface area contributed by atoms with Crippen LogP contribution in [-0.4, -0.2) is 16.9 Å². The van der Waals surface area contributed by atoms with Crippen LogP contribution in [0.3, 0.4) is 0 Å². The van der Waals surface area contributed by atoms with Crippen LogP contribution in [0.5, 0.6) is 5.75 Å². The average Bonchev–Trinajstić information content (AvgIpc) is 2.72. The third kappa shape index (κ3) is 2.25. The summed E-state index contributed by atoms with van der Waals surface area (Å²) in [6, 6.07) is 9.21. The van der Waals surface area contributed by atoms with E-state index in [9.17, 15) is 4.79 Å². The molecule has 17 heavy (non-hydrogen) atoms. The monoisotopic (exact) mass is 232 g/mol. The van der Waals surface area contributed by atoms with Gasteiger partial charge in [0.05, 0.1) is 12.8 Å². The number of aromatic nitrogens is 2. The molecule has 0 bridgehead atoms. The van der Waals surface area contributed by atoms with Crippen molar-refractivity contribution in [1.82, 2.24) is 9.78 Å². The van der Waals surface area contributed by atoms with Crippen LogP contribution in [0.4, 0.5) is 0 Å². The summed E-state index contributed by atoms with van der Waals surface area (Å²) in [5, 5.41) is 2.80. The first-order valence-electron chi connectivity index (χ1n) is 5.58. The van der Waals surface area contributed by atoms with Crippen LogP contribution >= 0.6 is 0 Å². The summed E-state index contributed by atoms with van der Waals surface area (Å²) in [5.41, 5.74) is 1.82. The molecule has 4 nitrogen and oxygen atoms in total. The molecule has 2 rings (SSSR count). The number of rotatable bonds is 3. The van der Waals surface area contributed by atoms with Gasteiger partial charge in [0.25, 0.3) is 5.56 Å². The normalized spacial score (nSPS) is 10.8. The van der Waals surface area contributed by atoms with Crippen molar-refractivity contribution in [3.63, 3.8) is 0 Å². The molecule has 1 aromatic heterocycles. The van der Waals surface area contributed by atoms with E-state index in [0.717, 1.165) is 17.1 Å². The van der Waals surface area contributed by atoms with Gasteiger partial charge in [-0.2, -0.15) is 0 Å². The van der Waals surface area contributed by atoms with Gasteiger partial charge >= 0.3 is 0 Å². The molecule has 0 aliphatic carbocycles. The Hall–Kier alpha value is -1.97. The van der Waals surface area contributed by atoms with E-state index in [1.54, 1.807) is 13.2 Å². The summed E-state index contributed by atoms with van der Waals surface area (Å²) in [4.78, 5) is 11.4. The second-order valence-electron chi connectivity index (χ2n) is 4.23. The van der Waals surface area contributed by atoms with Gasteiger partial charge < -0.3 is 4.74 Å². The van der Waals surface area contributed by atoms with Crippen LogP contribution in [-0.2, 0) is 0 Å². The Morgan fingerprint density at radius 1 is 1.24 bits per heavy atom. The average molecular weight is 232 g/mol. The highest BCUT2D eigenvalue weighted by atomic mass is 16.5. The number of H-pyrrole nitrogens is 1. The van der Waals surface area contributed by atoms with E-state index >= 15 is 0 Å². The molecule has 1 heterocycles. The molecular formula is C13H16N2O2. The van der Waals surface area contributed by atoms with E-state index in [4.69, 9.17) is 4.74 Å². The maximum absolute atomic E-state index is 11.4. The number of methoxy groups -OCH3 is 1. The molecule has 0 spiro atoms. The first kappa shape index (κ1) is 11.5. The van der Waals surface area contributed by atoms with Crippen molar-refractivity contribution in [2.75, 3.05) is 7.11 Å². The Morgan fingerprint density at radius 2 is 1.88 bits per heavy atom. The first-order valence-corrected chi connectivity index (χ1v) is 5.58. The van der Waals surface area contributed by atoms with Crippen LogP contribution in [0.1, 0.15) is 25.5 Å². The zero-order chi connectivity index (χ0) is 12.4. The highest BCUT2D eigenvalue weighted by Crippen LogP contribution is 2.19. The van der Waals surface area contributed by atoms with Gasteiger partial charge in [0.1, 0.15) is 5.75 Å². The number of aromatic amines is 1. The SMILES string of the molecule is COc1ccc(-n2[nH]c(=O)cc2C(C)C)cc1. The number of nitrogens with zero attached hydrogens (tertiary/aromatic N) is 1. The summed E-state index contributed by atoms with van der Waals surface area (Å²) in [6.07, 6.45) is 0. The highest BCUT2D eigenvalue weighted by Gasteiger charge is 2.09. The molecule has 0 aliphatic heterocycles. The van der Waals surface area contributed by atoms with Gasteiger partial charge in [-0.1, -0.05) is 13.8 Å². The van der Waals surface area contributed by atoms with Crippen LogP contribution in [0.2, 0.25) is 0 Å².